The van der Waals surface area contributed by atoms with Gasteiger partial charge in [0.25, 0.3) is 0 Å². The monoisotopic (exact) mass is 286 g/mol. The molecule has 1 unspecified atom stereocenters. The summed E-state index contributed by atoms with van der Waals surface area (Å²) in [5.41, 5.74) is 2.08. The molecule has 0 spiro atoms. The van der Waals surface area contributed by atoms with Crippen LogP contribution in [0, 0.1) is 11.6 Å². The molecule has 1 nitrogen and oxygen atoms in total. The van der Waals surface area contributed by atoms with Gasteiger partial charge in [-0.15, -0.1) is 0 Å². The Morgan fingerprint density at radius 2 is 1.76 bits per heavy atom. The van der Waals surface area contributed by atoms with Crippen LogP contribution in [0.25, 0.3) is 0 Å². The van der Waals surface area contributed by atoms with Crippen molar-refractivity contribution in [1.82, 2.24) is 0 Å². The Balaban J connectivity index is 1.87. The second-order valence-corrected chi connectivity index (χ2v) is 5.49. The quantitative estimate of drug-likeness (QED) is 0.826. The fourth-order valence-electron chi connectivity index (χ4n) is 3.09. The average molecular weight is 286 g/mol. The van der Waals surface area contributed by atoms with Gasteiger partial charge in [-0.05, 0) is 42.5 Å². The number of halogens is 2. The predicted molar refractivity (Wildman–Crippen MR) is 77.2 cm³/mol. The lowest BCUT2D eigenvalue weighted by Crippen LogP contribution is -2.21. The number of fused-ring (bicyclic) bond motifs is 1. The standard InChI is InChI=1S/C18H16F2O/c19-16-9-4-10-17(20)15(16)11-18(21)14-8-3-6-12-5-1-2-7-13(12)14/h1-2,4-5,7,9-10,14H,3,6,8,11H2. The minimum Gasteiger partial charge on any atom is -0.299 e. The molecule has 2 aromatic rings. The van der Waals surface area contributed by atoms with Crippen LogP contribution in [0.4, 0.5) is 8.78 Å². The molecule has 1 aliphatic carbocycles. The summed E-state index contributed by atoms with van der Waals surface area (Å²) in [4.78, 5) is 12.5. The van der Waals surface area contributed by atoms with E-state index in [4.69, 9.17) is 0 Å². The lowest BCUT2D eigenvalue weighted by molar-refractivity contribution is -0.120. The van der Waals surface area contributed by atoms with E-state index >= 15 is 0 Å². The van der Waals surface area contributed by atoms with Gasteiger partial charge in [-0.3, -0.25) is 4.79 Å². The Morgan fingerprint density at radius 1 is 1.05 bits per heavy atom. The van der Waals surface area contributed by atoms with E-state index < -0.39 is 11.6 Å². The number of hydrogen-bond acceptors (Lipinski definition) is 1. The van der Waals surface area contributed by atoms with Crippen LogP contribution < -0.4 is 0 Å². The van der Waals surface area contributed by atoms with E-state index in [1.54, 1.807) is 0 Å². The second kappa shape index (κ2) is 5.76. The molecule has 1 aliphatic rings. The van der Waals surface area contributed by atoms with Crippen molar-refractivity contribution >= 4 is 5.78 Å². The lowest BCUT2D eigenvalue weighted by atomic mass is 9.79. The minimum absolute atomic E-state index is 0.105. The third-order valence-corrected chi connectivity index (χ3v) is 4.17. The van der Waals surface area contributed by atoms with Gasteiger partial charge in [0.1, 0.15) is 17.4 Å². The maximum absolute atomic E-state index is 13.7. The Labute approximate surface area is 122 Å². The number of hydrogen-bond donors (Lipinski definition) is 0. The highest BCUT2D eigenvalue weighted by molar-refractivity contribution is 5.88. The Bertz CT molecular complexity index is 658. The summed E-state index contributed by atoms with van der Waals surface area (Å²) in [6, 6.07) is 11.6. The molecule has 0 amide bonds. The van der Waals surface area contributed by atoms with Crippen molar-refractivity contribution in [1.29, 1.82) is 0 Å². The highest BCUT2D eigenvalue weighted by Crippen LogP contribution is 2.33. The second-order valence-electron chi connectivity index (χ2n) is 5.49. The molecule has 0 heterocycles. The first-order chi connectivity index (χ1) is 10.2. The van der Waals surface area contributed by atoms with Crippen molar-refractivity contribution in [3.8, 4) is 0 Å². The maximum atomic E-state index is 13.7. The number of benzene rings is 2. The van der Waals surface area contributed by atoms with Crippen molar-refractivity contribution in [3.05, 3.63) is 70.8 Å². The summed E-state index contributed by atoms with van der Waals surface area (Å²) in [5.74, 6) is -1.64. The predicted octanol–water partition coefficient (Wildman–Crippen LogP) is 4.20. The zero-order chi connectivity index (χ0) is 14.8. The third kappa shape index (κ3) is 2.73. The normalized spacial score (nSPS) is 17.3. The van der Waals surface area contributed by atoms with E-state index in [2.05, 4.69) is 0 Å². The Hall–Kier alpha value is -2.03. The minimum atomic E-state index is -0.646. The van der Waals surface area contributed by atoms with Gasteiger partial charge >= 0.3 is 0 Å². The molecule has 21 heavy (non-hydrogen) atoms. The van der Waals surface area contributed by atoms with E-state index in [0.29, 0.717) is 0 Å². The van der Waals surface area contributed by atoms with Gasteiger partial charge < -0.3 is 0 Å². The summed E-state index contributed by atoms with van der Waals surface area (Å²) in [5, 5.41) is 0. The number of aryl methyl sites for hydroxylation is 1. The number of rotatable bonds is 3. The van der Waals surface area contributed by atoms with Crippen LogP contribution in [0.5, 0.6) is 0 Å². The molecule has 3 rings (SSSR count). The SMILES string of the molecule is O=C(Cc1c(F)cccc1F)C1CCCc2ccccc21. The molecule has 108 valence electrons. The van der Waals surface area contributed by atoms with Crippen molar-refractivity contribution in [3.63, 3.8) is 0 Å². The van der Waals surface area contributed by atoms with Gasteiger partial charge in [0.2, 0.25) is 0 Å². The lowest BCUT2D eigenvalue weighted by Gasteiger charge is -2.24. The van der Waals surface area contributed by atoms with E-state index in [1.807, 2.05) is 24.3 Å². The summed E-state index contributed by atoms with van der Waals surface area (Å²) in [6.07, 6.45) is 2.48. The number of carbonyl (C=O) groups excluding carboxylic acids is 1. The zero-order valence-corrected chi connectivity index (χ0v) is 11.6. The number of ketones is 1. The van der Waals surface area contributed by atoms with Gasteiger partial charge in [-0.2, -0.15) is 0 Å². The fourth-order valence-corrected chi connectivity index (χ4v) is 3.09. The Kier molecular flexibility index (Phi) is 3.82. The van der Waals surface area contributed by atoms with Gasteiger partial charge in [0.15, 0.2) is 0 Å². The molecule has 0 radical (unpaired) electrons. The van der Waals surface area contributed by atoms with Crippen molar-refractivity contribution in [2.45, 2.75) is 31.6 Å². The third-order valence-electron chi connectivity index (χ3n) is 4.17. The van der Waals surface area contributed by atoms with E-state index in [9.17, 15) is 13.6 Å². The van der Waals surface area contributed by atoms with E-state index in [0.717, 1.165) is 24.8 Å². The molecule has 0 aromatic heterocycles. The van der Waals surface area contributed by atoms with Crippen LogP contribution in [-0.2, 0) is 17.6 Å². The molecular formula is C18H16F2O. The molecule has 0 saturated carbocycles. The topological polar surface area (TPSA) is 17.1 Å². The molecule has 0 N–H and O–H groups in total. The maximum Gasteiger partial charge on any atom is 0.144 e. The average Bonchev–Trinajstić information content (AvgIpc) is 2.50. The summed E-state index contributed by atoms with van der Waals surface area (Å²) >= 11 is 0. The molecule has 0 aliphatic heterocycles. The molecule has 0 bridgehead atoms. The molecule has 1 atom stereocenters. The first-order valence-electron chi connectivity index (χ1n) is 7.20. The summed E-state index contributed by atoms with van der Waals surface area (Å²) < 4.78 is 27.4. The first-order valence-corrected chi connectivity index (χ1v) is 7.20. The highest BCUT2D eigenvalue weighted by atomic mass is 19.1. The van der Waals surface area contributed by atoms with Crippen LogP contribution in [0.15, 0.2) is 42.5 Å². The largest absolute Gasteiger partial charge is 0.299 e. The summed E-state index contributed by atoms with van der Waals surface area (Å²) in [7, 11) is 0. The molecule has 0 fully saturated rings. The van der Waals surface area contributed by atoms with Crippen LogP contribution in [0.3, 0.4) is 0 Å². The van der Waals surface area contributed by atoms with Gasteiger partial charge in [0, 0.05) is 17.9 Å². The molecular weight excluding hydrogens is 270 g/mol. The van der Waals surface area contributed by atoms with Crippen LogP contribution >= 0.6 is 0 Å². The summed E-state index contributed by atoms with van der Waals surface area (Å²) in [6.45, 7) is 0. The molecule has 3 heteroatoms. The van der Waals surface area contributed by atoms with E-state index in [-0.39, 0.29) is 23.7 Å². The Morgan fingerprint density at radius 3 is 2.52 bits per heavy atom. The van der Waals surface area contributed by atoms with Crippen molar-refractivity contribution in [2.24, 2.45) is 0 Å². The fraction of sp³-hybridized carbons (Fsp3) is 0.278. The van der Waals surface area contributed by atoms with Gasteiger partial charge in [-0.25, -0.2) is 8.78 Å². The van der Waals surface area contributed by atoms with E-state index in [1.165, 1.54) is 23.8 Å². The van der Waals surface area contributed by atoms with Crippen LogP contribution in [0.1, 0.15) is 35.4 Å². The zero-order valence-electron chi connectivity index (χ0n) is 11.6. The smallest absolute Gasteiger partial charge is 0.144 e. The van der Waals surface area contributed by atoms with Crippen molar-refractivity contribution in [2.75, 3.05) is 0 Å². The molecule has 2 aromatic carbocycles. The number of Topliss-reactive ketones (excluding diaryl/α,β-unsaturated/α-hetero) is 1. The van der Waals surface area contributed by atoms with Crippen LogP contribution in [0.2, 0.25) is 0 Å². The first kappa shape index (κ1) is 13.9. The number of carbonyl (C=O) groups is 1. The molecule has 0 saturated heterocycles. The van der Waals surface area contributed by atoms with Crippen molar-refractivity contribution < 1.29 is 13.6 Å². The van der Waals surface area contributed by atoms with Crippen LogP contribution in [-0.4, -0.2) is 5.78 Å². The van der Waals surface area contributed by atoms with Gasteiger partial charge in [0.05, 0.1) is 0 Å². The highest BCUT2D eigenvalue weighted by Gasteiger charge is 2.27. The van der Waals surface area contributed by atoms with Gasteiger partial charge in [-0.1, -0.05) is 30.3 Å².